The van der Waals surface area contributed by atoms with Crippen molar-refractivity contribution in [3.05, 3.63) is 62.2 Å². The molecule has 0 fully saturated rings. The molecule has 0 aromatic heterocycles. The zero-order chi connectivity index (χ0) is 13.6. The first kappa shape index (κ1) is 12.6. The van der Waals surface area contributed by atoms with E-state index in [2.05, 4.69) is 22.6 Å². The van der Waals surface area contributed by atoms with E-state index in [-0.39, 0.29) is 17.4 Å². The van der Waals surface area contributed by atoms with E-state index in [1.54, 1.807) is 30.3 Å². The van der Waals surface area contributed by atoms with Crippen LogP contribution in [0.4, 0.5) is 5.69 Å². The Morgan fingerprint density at radius 3 is 2.26 bits per heavy atom. The van der Waals surface area contributed by atoms with Crippen molar-refractivity contribution in [1.82, 2.24) is 0 Å². The minimum atomic E-state index is -0.369. The molecule has 19 heavy (non-hydrogen) atoms. The van der Waals surface area contributed by atoms with Crippen LogP contribution in [0.5, 0.6) is 0 Å². The highest BCUT2D eigenvalue weighted by molar-refractivity contribution is 14.1. The number of amides is 2. The molecule has 2 aromatic carbocycles. The second kappa shape index (κ2) is 4.61. The molecule has 0 aliphatic carbocycles. The maximum absolute atomic E-state index is 12.3. The Bertz CT molecular complexity index is 697. The van der Waals surface area contributed by atoms with E-state index < -0.39 is 0 Å². The maximum Gasteiger partial charge on any atom is 0.267 e. The predicted octanol–water partition coefficient (Wildman–Crippen LogP) is 3.75. The highest BCUT2D eigenvalue weighted by atomic mass is 127. The molecule has 0 N–H and O–H groups in total. The van der Waals surface area contributed by atoms with E-state index in [4.69, 9.17) is 11.6 Å². The summed E-state index contributed by atoms with van der Waals surface area (Å²) in [6.45, 7) is 0. The third-order valence-electron chi connectivity index (χ3n) is 2.95. The normalized spacial score (nSPS) is 13.9. The minimum Gasteiger partial charge on any atom is -0.268 e. The van der Waals surface area contributed by atoms with Crippen LogP contribution < -0.4 is 4.90 Å². The molecule has 2 aromatic rings. The summed E-state index contributed by atoms with van der Waals surface area (Å²) < 4.78 is 1.04. The van der Waals surface area contributed by atoms with Crippen molar-refractivity contribution in [1.29, 1.82) is 0 Å². The van der Waals surface area contributed by atoms with Crippen LogP contribution in [0.3, 0.4) is 0 Å². The molecule has 0 saturated heterocycles. The molecule has 3 rings (SSSR count). The Kier molecular flexibility index (Phi) is 3.06. The van der Waals surface area contributed by atoms with Gasteiger partial charge in [0.2, 0.25) is 0 Å². The van der Waals surface area contributed by atoms with Crippen molar-refractivity contribution >= 4 is 51.7 Å². The molecular weight excluding hydrogens is 377 g/mol. The first-order valence-electron chi connectivity index (χ1n) is 5.52. The van der Waals surface area contributed by atoms with Crippen molar-refractivity contribution < 1.29 is 9.59 Å². The van der Waals surface area contributed by atoms with Crippen LogP contribution in [0.2, 0.25) is 5.02 Å². The van der Waals surface area contributed by atoms with Gasteiger partial charge in [-0.25, -0.2) is 4.90 Å². The van der Waals surface area contributed by atoms with Gasteiger partial charge in [-0.05, 0) is 59.0 Å². The molecule has 94 valence electrons. The maximum atomic E-state index is 12.3. The molecule has 0 bridgehead atoms. The zero-order valence-corrected chi connectivity index (χ0v) is 12.5. The number of rotatable bonds is 1. The molecule has 1 aliphatic heterocycles. The van der Waals surface area contributed by atoms with Crippen LogP contribution in [-0.4, -0.2) is 11.8 Å². The monoisotopic (exact) mass is 383 g/mol. The van der Waals surface area contributed by atoms with Gasteiger partial charge in [-0.2, -0.15) is 0 Å². The Morgan fingerprint density at radius 2 is 1.63 bits per heavy atom. The average Bonchev–Trinajstić information content (AvgIpc) is 2.65. The van der Waals surface area contributed by atoms with Gasteiger partial charge >= 0.3 is 0 Å². The summed E-state index contributed by atoms with van der Waals surface area (Å²) in [5, 5.41) is 0.309. The molecule has 0 radical (unpaired) electrons. The third kappa shape index (κ3) is 1.95. The number of carbonyl (C=O) groups is 2. The van der Waals surface area contributed by atoms with Gasteiger partial charge in [0.25, 0.3) is 11.8 Å². The summed E-state index contributed by atoms with van der Waals surface area (Å²) in [6, 6.07) is 12.1. The van der Waals surface area contributed by atoms with Crippen molar-refractivity contribution in [3.8, 4) is 0 Å². The molecule has 1 heterocycles. The molecule has 3 nitrogen and oxygen atoms in total. The fraction of sp³-hybridized carbons (Fsp3) is 0. The average molecular weight is 384 g/mol. The SMILES string of the molecule is O=C1c2cccc(Cl)c2C(=O)N1c1ccc(I)cc1. The highest BCUT2D eigenvalue weighted by Crippen LogP contribution is 2.32. The quantitative estimate of drug-likeness (QED) is 0.556. The van der Waals surface area contributed by atoms with Crippen molar-refractivity contribution in [2.45, 2.75) is 0 Å². The number of hydrogen-bond acceptors (Lipinski definition) is 2. The zero-order valence-electron chi connectivity index (χ0n) is 9.56. The first-order valence-corrected chi connectivity index (χ1v) is 6.98. The lowest BCUT2D eigenvalue weighted by Gasteiger charge is -2.13. The second-order valence-corrected chi connectivity index (χ2v) is 5.74. The summed E-state index contributed by atoms with van der Waals surface area (Å²) in [5.74, 6) is -0.699. The lowest BCUT2D eigenvalue weighted by atomic mass is 10.1. The van der Waals surface area contributed by atoms with Crippen LogP contribution in [0.1, 0.15) is 20.7 Å². The Labute approximate surface area is 128 Å². The third-order valence-corrected chi connectivity index (χ3v) is 3.98. The summed E-state index contributed by atoms with van der Waals surface area (Å²) in [7, 11) is 0. The van der Waals surface area contributed by atoms with E-state index in [0.29, 0.717) is 16.3 Å². The van der Waals surface area contributed by atoms with Crippen LogP contribution in [-0.2, 0) is 0 Å². The van der Waals surface area contributed by atoms with Crippen molar-refractivity contribution in [3.63, 3.8) is 0 Å². The van der Waals surface area contributed by atoms with E-state index in [1.165, 1.54) is 0 Å². The van der Waals surface area contributed by atoms with Gasteiger partial charge < -0.3 is 0 Å². The number of anilines is 1. The lowest BCUT2D eigenvalue weighted by molar-refractivity contribution is 0.0926. The first-order chi connectivity index (χ1) is 9.09. The predicted molar refractivity (Wildman–Crippen MR) is 81.8 cm³/mol. The number of carbonyl (C=O) groups excluding carboxylic acids is 2. The van der Waals surface area contributed by atoms with E-state index in [9.17, 15) is 9.59 Å². The lowest BCUT2D eigenvalue weighted by Crippen LogP contribution is -2.29. The van der Waals surface area contributed by atoms with E-state index in [0.717, 1.165) is 8.47 Å². The number of imide groups is 1. The smallest absolute Gasteiger partial charge is 0.267 e. The number of halogens is 2. The van der Waals surface area contributed by atoms with Gasteiger partial charge in [-0.15, -0.1) is 0 Å². The topological polar surface area (TPSA) is 37.4 Å². The summed E-state index contributed by atoms with van der Waals surface area (Å²) in [5.41, 5.74) is 1.20. The largest absolute Gasteiger partial charge is 0.268 e. The van der Waals surface area contributed by atoms with Gasteiger partial charge in [-0.3, -0.25) is 9.59 Å². The Hall–Kier alpha value is -1.40. The Morgan fingerprint density at radius 1 is 0.947 bits per heavy atom. The van der Waals surface area contributed by atoms with Crippen molar-refractivity contribution in [2.24, 2.45) is 0 Å². The molecule has 0 atom stereocenters. The fourth-order valence-electron chi connectivity index (χ4n) is 2.07. The van der Waals surface area contributed by atoms with Crippen LogP contribution in [0.25, 0.3) is 0 Å². The number of benzene rings is 2. The summed E-state index contributed by atoms with van der Waals surface area (Å²) >= 11 is 8.17. The van der Waals surface area contributed by atoms with Gasteiger partial charge in [0.1, 0.15) is 0 Å². The molecular formula is C14H7ClINO2. The molecule has 5 heteroatoms. The fourth-order valence-corrected chi connectivity index (χ4v) is 2.68. The van der Waals surface area contributed by atoms with Gasteiger partial charge in [0.15, 0.2) is 0 Å². The van der Waals surface area contributed by atoms with Crippen LogP contribution in [0, 0.1) is 3.57 Å². The number of nitrogens with zero attached hydrogens (tertiary/aromatic N) is 1. The molecule has 0 unspecified atom stereocenters. The number of fused-ring (bicyclic) bond motifs is 1. The molecule has 2 amide bonds. The number of hydrogen-bond donors (Lipinski definition) is 0. The summed E-state index contributed by atoms with van der Waals surface area (Å²) in [4.78, 5) is 25.8. The van der Waals surface area contributed by atoms with E-state index in [1.807, 2.05) is 12.1 Å². The van der Waals surface area contributed by atoms with Gasteiger partial charge in [0, 0.05) is 3.57 Å². The molecule has 1 aliphatic rings. The van der Waals surface area contributed by atoms with E-state index >= 15 is 0 Å². The van der Waals surface area contributed by atoms with Crippen LogP contribution in [0.15, 0.2) is 42.5 Å². The minimum absolute atomic E-state index is 0.285. The second-order valence-electron chi connectivity index (χ2n) is 4.08. The van der Waals surface area contributed by atoms with Gasteiger partial charge in [0.05, 0.1) is 21.8 Å². The van der Waals surface area contributed by atoms with Gasteiger partial charge in [-0.1, -0.05) is 17.7 Å². The molecule has 0 spiro atoms. The summed E-state index contributed by atoms with van der Waals surface area (Å²) in [6.07, 6.45) is 0. The highest BCUT2D eigenvalue weighted by Gasteiger charge is 2.38. The Balaban J connectivity index is 2.13. The molecule has 0 saturated carbocycles. The standard InChI is InChI=1S/C14H7ClINO2/c15-11-3-1-2-10-12(11)14(19)17(13(10)18)9-6-4-8(16)5-7-9/h1-7H. The van der Waals surface area contributed by atoms with Crippen LogP contribution >= 0.6 is 34.2 Å². The van der Waals surface area contributed by atoms with Crippen molar-refractivity contribution in [2.75, 3.05) is 4.90 Å².